The second-order valence-corrected chi connectivity index (χ2v) is 8.85. The first kappa shape index (κ1) is 22.9. The van der Waals surface area contributed by atoms with Crippen LogP contribution < -0.4 is 4.90 Å². The van der Waals surface area contributed by atoms with E-state index in [0.717, 1.165) is 6.54 Å². The summed E-state index contributed by atoms with van der Waals surface area (Å²) in [4.78, 5) is 2.60. The quantitative estimate of drug-likeness (QED) is 0.463. The van der Waals surface area contributed by atoms with E-state index in [1.165, 1.54) is 33.5 Å². The highest BCUT2D eigenvalue weighted by Gasteiger charge is 2.39. The molecular weight excluding hydrogens is 374 g/mol. The van der Waals surface area contributed by atoms with Crippen molar-refractivity contribution in [3.63, 3.8) is 0 Å². The summed E-state index contributed by atoms with van der Waals surface area (Å²) in [6, 6.07) is 16.1. The van der Waals surface area contributed by atoms with E-state index in [1.807, 2.05) is 26.0 Å². The average Bonchev–Trinajstić information content (AvgIpc) is 2.78. The van der Waals surface area contributed by atoms with Gasteiger partial charge in [-0.15, -0.1) is 0 Å². The molecule has 0 fully saturated rings. The normalized spacial score (nSPS) is 22.5. The van der Waals surface area contributed by atoms with Crippen LogP contribution in [0.15, 0.2) is 85.0 Å². The summed E-state index contributed by atoms with van der Waals surface area (Å²) in [7, 11) is 0. The Labute approximate surface area is 189 Å². The summed E-state index contributed by atoms with van der Waals surface area (Å²) in [5.74, 6) is 0.441. The van der Waals surface area contributed by atoms with E-state index < -0.39 is 0 Å². The van der Waals surface area contributed by atoms with Crippen molar-refractivity contribution in [1.82, 2.24) is 0 Å². The molecular formula is C30H37N. The van der Waals surface area contributed by atoms with Gasteiger partial charge in [-0.1, -0.05) is 120 Å². The minimum atomic E-state index is 0.00287. The van der Waals surface area contributed by atoms with Crippen LogP contribution in [0.4, 0.5) is 5.69 Å². The van der Waals surface area contributed by atoms with Crippen LogP contribution in [0.3, 0.4) is 0 Å². The highest BCUT2D eigenvalue weighted by molar-refractivity contribution is 5.69. The molecule has 0 N–H and O–H groups in total. The highest BCUT2D eigenvalue weighted by atomic mass is 15.2. The average molecular weight is 412 g/mol. The van der Waals surface area contributed by atoms with Gasteiger partial charge < -0.3 is 4.90 Å². The lowest BCUT2D eigenvalue weighted by molar-refractivity contribution is 0.526. The molecule has 1 aliphatic carbocycles. The highest BCUT2D eigenvalue weighted by Crippen LogP contribution is 2.46. The Morgan fingerprint density at radius 1 is 1.06 bits per heavy atom. The van der Waals surface area contributed by atoms with E-state index in [0.29, 0.717) is 12.0 Å². The second-order valence-electron chi connectivity index (χ2n) is 8.85. The van der Waals surface area contributed by atoms with Crippen LogP contribution in [-0.4, -0.2) is 12.6 Å². The van der Waals surface area contributed by atoms with Gasteiger partial charge in [-0.3, -0.25) is 0 Å². The lowest BCUT2D eigenvalue weighted by atomic mass is 9.72. The first-order valence-electron chi connectivity index (χ1n) is 11.6. The lowest BCUT2D eigenvalue weighted by Gasteiger charge is -2.47. The zero-order valence-electron chi connectivity index (χ0n) is 20.0. The third-order valence-electron chi connectivity index (χ3n) is 6.65. The van der Waals surface area contributed by atoms with Crippen LogP contribution in [0.2, 0.25) is 0 Å². The zero-order valence-corrected chi connectivity index (χ0v) is 20.0. The molecule has 31 heavy (non-hydrogen) atoms. The van der Waals surface area contributed by atoms with Crippen molar-refractivity contribution in [2.75, 3.05) is 11.4 Å². The number of anilines is 1. The number of fused-ring (bicyclic) bond motifs is 2. The molecule has 2 aromatic rings. The molecule has 0 spiro atoms. The molecule has 0 aromatic heterocycles. The first-order chi connectivity index (χ1) is 14.9. The standard InChI is InChI=1S/C28H31N.C2H6/c1-6-7-8-12-23-19-29(27-16-14-20(2)18-25(27)28(23,4)5)26-17-15-22-11-9-10-13-24(22)21(26)3;1-2/h6-18,21,26H,1,19H2,2-5H3;1-2H3/b8-7-,23-12+;. The Hall–Kier alpha value is -2.80. The van der Waals surface area contributed by atoms with Crippen molar-refractivity contribution < 1.29 is 0 Å². The molecule has 1 heteroatoms. The number of rotatable bonds is 3. The molecule has 0 bridgehead atoms. The monoisotopic (exact) mass is 411 g/mol. The Kier molecular flexibility index (Phi) is 7.05. The van der Waals surface area contributed by atoms with Gasteiger partial charge in [-0.2, -0.15) is 0 Å². The van der Waals surface area contributed by atoms with Crippen molar-refractivity contribution in [3.05, 3.63) is 107 Å². The van der Waals surface area contributed by atoms with Gasteiger partial charge in [0.1, 0.15) is 0 Å². The van der Waals surface area contributed by atoms with Crippen molar-refractivity contribution >= 4 is 11.8 Å². The van der Waals surface area contributed by atoms with Gasteiger partial charge >= 0.3 is 0 Å². The van der Waals surface area contributed by atoms with E-state index in [4.69, 9.17) is 0 Å². The van der Waals surface area contributed by atoms with Gasteiger partial charge in [0.05, 0.1) is 6.04 Å². The third kappa shape index (κ3) is 4.32. The summed E-state index contributed by atoms with van der Waals surface area (Å²) in [5.41, 5.74) is 8.33. The number of hydrogen-bond donors (Lipinski definition) is 0. The van der Waals surface area contributed by atoms with Crippen LogP contribution in [-0.2, 0) is 5.41 Å². The summed E-state index contributed by atoms with van der Waals surface area (Å²) in [6.45, 7) is 18.0. The minimum absolute atomic E-state index is 0.00287. The summed E-state index contributed by atoms with van der Waals surface area (Å²) in [5, 5.41) is 0. The van der Waals surface area contributed by atoms with Gasteiger partial charge in [0.15, 0.2) is 0 Å². The summed E-state index contributed by atoms with van der Waals surface area (Å²) >= 11 is 0. The van der Waals surface area contributed by atoms with Crippen LogP contribution in [0.1, 0.15) is 62.8 Å². The summed E-state index contributed by atoms with van der Waals surface area (Å²) < 4.78 is 0. The van der Waals surface area contributed by atoms with Gasteiger partial charge in [0.25, 0.3) is 0 Å². The van der Waals surface area contributed by atoms with Crippen molar-refractivity contribution in [2.24, 2.45) is 0 Å². The molecule has 2 aromatic carbocycles. The lowest BCUT2D eigenvalue weighted by Crippen LogP contribution is -2.47. The van der Waals surface area contributed by atoms with Crippen LogP contribution >= 0.6 is 0 Å². The van der Waals surface area contributed by atoms with Gasteiger partial charge in [-0.05, 0) is 35.3 Å². The molecule has 0 amide bonds. The molecule has 2 aliphatic rings. The van der Waals surface area contributed by atoms with Crippen LogP contribution in [0.5, 0.6) is 0 Å². The topological polar surface area (TPSA) is 3.24 Å². The van der Waals surface area contributed by atoms with E-state index in [-0.39, 0.29) is 5.41 Å². The van der Waals surface area contributed by atoms with E-state index in [1.54, 1.807) is 0 Å². The Morgan fingerprint density at radius 2 is 1.81 bits per heavy atom. The van der Waals surface area contributed by atoms with Crippen LogP contribution in [0, 0.1) is 6.92 Å². The molecule has 1 heterocycles. The molecule has 1 aliphatic heterocycles. The van der Waals surface area contributed by atoms with Crippen molar-refractivity contribution in [2.45, 2.75) is 58.9 Å². The van der Waals surface area contributed by atoms with E-state index in [9.17, 15) is 0 Å². The molecule has 4 rings (SSSR count). The maximum absolute atomic E-state index is 3.81. The largest absolute Gasteiger partial charge is 0.360 e. The Bertz CT molecular complexity index is 1020. The minimum Gasteiger partial charge on any atom is -0.360 e. The second kappa shape index (κ2) is 9.56. The predicted octanol–water partition coefficient (Wildman–Crippen LogP) is 7.99. The molecule has 0 saturated carbocycles. The van der Waals surface area contributed by atoms with Crippen molar-refractivity contribution in [3.8, 4) is 0 Å². The van der Waals surface area contributed by atoms with Crippen LogP contribution in [0.25, 0.3) is 6.08 Å². The predicted molar refractivity (Wildman–Crippen MR) is 138 cm³/mol. The first-order valence-corrected chi connectivity index (χ1v) is 11.6. The maximum atomic E-state index is 3.81. The number of aryl methyl sites for hydroxylation is 1. The molecule has 162 valence electrons. The number of allylic oxidation sites excluding steroid dienone is 4. The van der Waals surface area contributed by atoms with Crippen molar-refractivity contribution in [1.29, 1.82) is 0 Å². The Morgan fingerprint density at radius 3 is 2.55 bits per heavy atom. The third-order valence-corrected chi connectivity index (χ3v) is 6.65. The SMILES string of the molecule is C=C/C=C\C=C1/CN(C2C=Cc3ccccc3C2C)c2ccc(C)cc2C1(C)C.CC. The zero-order chi connectivity index (χ0) is 22.6. The van der Waals surface area contributed by atoms with Gasteiger partial charge in [0.2, 0.25) is 0 Å². The molecule has 2 atom stereocenters. The molecule has 1 nitrogen and oxygen atoms in total. The fraction of sp³-hybridized carbons (Fsp3) is 0.333. The summed E-state index contributed by atoms with van der Waals surface area (Å²) in [6.07, 6.45) is 13.0. The van der Waals surface area contributed by atoms with Gasteiger partial charge in [-0.25, -0.2) is 0 Å². The smallest absolute Gasteiger partial charge is 0.0546 e. The fourth-order valence-corrected chi connectivity index (χ4v) is 4.82. The van der Waals surface area contributed by atoms with E-state index >= 15 is 0 Å². The Balaban J connectivity index is 0.00000132. The number of benzene rings is 2. The molecule has 2 unspecified atom stereocenters. The number of hydrogen-bond acceptors (Lipinski definition) is 1. The molecule has 0 radical (unpaired) electrons. The number of nitrogens with zero attached hydrogens (tertiary/aromatic N) is 1. The maximum Gasteiger partial charge on any atom is 0.0546 e. The van der Waals surface area contributed by atoms with E-state index in [2.05, 4.69) is 106 Å². The fourth-order valence-electron chi connectivity index (χ4n) is 4.82. The molecule has 0 saturated heterocycles. The van der Waals surface area contributed by atoms with Gasteiger partial charge in [0, 0.05) is 23.6 Å².